The van der Waals surface area contributed by atoms with Crippen LogP contribution in [0.3, 0.4) is 0 Å². The Labute approximate surface area is 244 Å². The molecule has 0 fully saturated rings. The van der Waals surface area contributed by atoms with Crippen LogP contribution in [0.4, 0.5) is 39.8 Å². The molecule has 42 heavy (non-hydrogen) atoms. The molecule has 0 aliphatic rings. The van der Waals surface area contributed by atoms with E-state index in [1.807, 2.05) is 78.9 Å². The minimum atomic E-state index is 0.220. The van der Waals surface area contributed by atoms with Crippen molar-refractivity contribution in [1.29, 1.82) is 0 Å². The van der Waals surface area contributed by atoms with Gasteiger partial charge < -0.3 is 14.9 Å². The second kappa shape index (κ2) is 12.1. The van der Waals surface area contributed by atoms with Crippen LogP contribution in [-0.4, -0.2) is 11.2 Å². The number of aliphatic imine (C=N–C) groups is 1. The number of rotatable bonds is 8. The third kappa shape index (κ3) is 5.68. The molecule has 0 aromatic heterocycles. The first kappa shape index (κ1) is 26.3. The summed E-state index contributed by atoms with van der Waals surface area (Å²) in [5.74, 6) is 0.220. The fourth-order valence-electron chi connectivity index (χ4n) is 5.04. The van der Waals surface area contributed by atoms with Crippen molar-refractivity contribution in [2.75, 3.05) is 9.80 Å². The Hall–Kier alpha value is -5.90. The van der Waals surface area contributed by atoms with Crippen LogP contribution in [0.25, 0.3) is 11.1 Å². The summed E-state index contributed by atoms with van der Waals surface area (Å²) in [6, 6.07) is 51.8. The number of phenols is 1. The van der Waals surface area contributed by atoms with Gasteiger partial charge in [-0.3, -0.25) is 0 Å². The molecule has 0 heterocycles. The van der Waals surface area contributed by atoms with Gasteiger partial charge in [0.25, 0.3) is 0 Å². The summed E-state index contributed by atoms with van der Waals surface area (Å²) in [4.78, 5) is 18.9. The van der Waals surface area contributed by atoms with Crippen LogP contribution in [0, 0.1) is 0 Å². The summed E-state index contributed by atoms with van der Waals surface area (Å²) in [5, 5.41) is 10.1. The van der Waals surface area contributed by atoms with Crippen molar-refractivity contribution in [2.45, 2.75) is 0 Å². The van der Waals surface area contributed by atoms with Crippen molar-refractivity contribution < 1.29 is 9.90 Å². The molecule has 0 saturated heterocycles. The first-order chi connectivity index (χ1) is 20.7. The lowest BCUT2D eigenvalue weighted by molar-refractivity contribution is 0.475. The van der Waals surface area contributed by atoms with Crippen LogP contribution < -0.4 is 9.80 Å². The Morgan fingerprint density at radius 3 is 1.36 bits per heavy atom. The number of hydrogen-bond acceptors (Lipinski definition) is 5. The summed E-state index contributed by atoms with van der Waals surface area (Å²) in [7, 11) is 0. The van der Waals surface area contributed by atoms with Gasteiger partial charge in [0.15, 0.2) is 0 Å². The van der Waals surface area contributed by atoms with Crippen LogP contribution in [0.15, 0.2) is 163 Å². The van der Waals surface area contributed by atoms with Gasteiger partial charge in [-0.15, -0.1) is 0 Å². The average molecular weight is 546 g/mol. The molecule has 0 aliphatic carbocycles. The van der Waals surface area contributed by atoms with Crippen molar-refractivity contribution in [3.05, 3.63) is 158 Å². The summed E-state index contributed by atoms with van der Waals surface area (Å²) in [6.45, 7) is 0. The Balaban J connectivity index is 1.33. The van der Waals surface area contributed by atoms with E-state index >= 15 is 0 Å². The number of aromatic hydroxyl groups is 1. The molecule has 0 atom stereocenters. The van der Waals surface area contributed by atoms with Gasteiger partial charge in [0, 0.05) is 40.2 Å². The van der Waals surface area contributed by atoms with Gasteiger partial charge in [0.2, 0.25) is 6.08 Å². The molecule has 0 amide bonds. The Morgan fingerprint density at radius 1 is 0.452 bits per heavy atom. The van der Waals surface area contributed by atoms with Gasteiger partial charge in [0.1, 0.15) is 5.75 Å². The molecule has 0 spiro atoms. The van der Waals surface area contributed by atoms with Gasteiger partial charge in [-0.2, -0.15) is 4.99 Å². The Bertz CT molecular complexity index is 1830. The summed E-state index contributed by atoms with van der Waals surface area (Å²) >= 11 is 0. The highest BCUT2D eigenvalue weighted by atomic mass is 16.3. The van der Waals surface area contributed by atoms with Gasteiger partial charge in [-0.25, -0.2) is 4.79 Å². The quantitative estimate of drug-likeness (QED) is 0.153. The number of nitrogens with zero attached hydrogens (tertiary/aromatic N) is 3. The van der Waals surface area contributed by atoms with Gasteiger partial charge >= 0.3 is 0 Å². The third-order valence-electron chi connectivity index (χ3n) is 6.96. The molecule has 5 nitrogen and oxygen atoms in total. The second-order valence-corrected chi connectivity index (χ2v) is 9.68. The Morgan fingerprint density at radius 2 is 0.881 bits per heavy atom. The van der Waals surface area contributed by atoms with Crippen LogP contribution >= 0.6 is 0 Å². The third-order valence-corrected chi connectivity index (χ3v) is 6.96. The van der Waals surface area contributed by atoms with Crippen molar-refractivity contribution in [2.24, 2.45) is 4.99 Å². The zero-order valence-corrected chi connectivity index (χ0v) is 22.7. The van der Waals surface area contributed by atoms with Crippen LogP contribution in [0.2, 0.25) is 0 Å². The van der Waals surface area contributed by atoms with E-state index in [4.69, 9.17) is 0 Å². The number of isocyanates is 1. The van der Waals surface area contributed by atoms with Crippen LogP contribution in [0.1, 0.15) is 0 Å². The first-order valence-electron chi connectivity index (χ1n) is 13.6. The number of para-hydroxylation sites is 2. The number of benzene rings is 6. The molecule has 1 N–H and O–H groups in total. The number of anilines is 6. The highest BCUT2D eigenvalue weighted by molar-refractivity contribution is 5.81. The molecule has 0 bridgehead atoms. The van der Waals surface area contributed by atoms with E-state index in [0.29, 0.717) is 5.69 Å². The topological polar surface area (TPSA) is 56.1 Å². The van der Waals surface area contributed by atoms with E-state index < -0.39 is 0 Å². The minimum absolute atomic E-state index is 0.220. The lowest BCUT2D eigenvalue weighted by Crippen LogP contribution is -2.09. The lowest BCUT2D eigenvalue weighted by Gasteiger charge is -2.26. The summed E-state index contributed by atoms with van der Waals surface area (Å²) in [5.41, 5.74) is 8.46. The molecule has 0 unspecified atom stereocenters. The maximum absolute atomic E-state index is 10.9. The number of carbonyl (C=O) groups excluding carboxylic acids is 1. The fraction of sp³-hybridized carbons (Fsp3) is 0. The van der Waals surface area contributed by atoms with E-state index in [1.54, 1.807) is 24.3 Å². The fourth-order valence-corrected chi connectivity index (χ4v) is 5.04. The molecule has 6 aromatic rings. The van der Waals surface area contributed by atoms with Crippen molar-refractivity contribution in [1.82, 2.24) is 0 Å². The molecule has 0 aliphatic heterocycles. The minimum Gasteiger partial charge on any atom is -0.508 e. The van der Waals surface area contributed by atoms with Crippen LogP contribution in [0.5, 0.6) is 5.75 Å². The second-order valence-electron chi connectivity index (χ2n) is 9.68. The molecule has 0 saturated carbocycles. The zero-order chi connectivity index (χ0) is 28.7. The molecule has 6 aromatic carbocycles. The molecular weight excluding hydrogens is 518 g/mol. The molecule has 202 valence electrons. The predicted octanol–water partition coefficient (Wildman–Crippen LogP) is 9.97. The lowest BCUT2D eigenvalue weighted by atomic mass is 10.0. The summed E-state index contributed by atoms with van der Waals surface area (Å²) < 4.78 is 0. The molecule has 0 radical (unpaired) electrons. The van der Waals surface area contributed by atoms with Crippen molar-refractivity contribution in [3.8, 4) is 16.9 Å². The highest BCUT2D eigenvalue weighted by Crippen LogP contribution is 2.39. The van der Waals surface area contributed by atoms with E-state index in [2.05, 4.69) is 75.5 Å². The van der Waals surface area contributed by atoms with Gasteiger partial charge in [-0.05, 0) is 90.0 Å². The molecule has 6 rings (SSSR count). The highest BCUT2D eigenvalue weighted by Gasteiger charge is 2.15. The molecule has 5 heteroatoms. The maximum atomic E-state index is 10.9. The zero-order valence-electron chi connectivity index (χ0n) is 22.7. The largest absolute Gasteiger partial charge is 0.508 e. The van der Waals surface area contributed by atoms with Crippen molar-refractivity contribution >= 4 is 45.9 Å². The smallest absolute Gasteiger partial charge is 0.240 e. The Kier molecular flexibility index (Phi) is 7.58. The predicted molar refractivity (Wildman–Crippen MR) is 171 cm³/mol. The number of hydrogen-bond donors (Lipinski definition) is 1. The summed E-state index contributed by atoms with van der Waals surface area (Å²) in [6.07, 6.45) is 1.63. The van der Waals surface area contributed by atoms with Gasteiger partial charge in [0.05, 0.1) is 5.69 Å². The van der Waals surface area contributed by atoms with Gasteiger partial charge in [-0.1, -0.05) is 72.8 Å². The average Bonchev–Trinajstić information content (AvgIpc) is 3.04. The van der Waals surface area contributed by atoms with E-state index in [0.717, 1.165) is 45.3 Å². The monoisotopic (exact) mass is 545 g/mol. The normalized spacial score (nSPS) is 10.5. The van der Waals surface area contributed by atoms with E-state index in [-0.39, 0.29) is 5.75 Å². The molecular formula is C37H27N3O2. The van der Waals surface area contributed by atoms with Crippen LogP contribution in [-0.2, 0) is 4.79 Å². The SMILES string of the molecule is O=C=Nc1cccc(N(c2ccccc2)c2ccc(-c3ccc(N(c4ccccc4)c4cccc(O)c4)cc3)cc2)c1. The van der Waals surface area contributed by atoms with Crippen molar-refractivity contribution in [3.63, 3.8) is 0 Å². The van der Waals surface area contributed by atoms with E-state index in [1.165, 1.54) is 0 Å². The standard InChI is InChI=1S/C37H27N3O2/c41-27-38-30-9-7-14-35(25-30)39(31-10-3-1-4-11-31)33-21-17-28(18-22-33)29-19-23-34(24-20-29)40(32-12-5-2-6-13-32)36-15-8-16-37(42)26-36/h1-26,42H. The first-order valence-corrected chi connectivity index (χ1v) is 13.6. The number of phenolic OH excluding ortho intramolecular Hbond substituents is 1. The maximum Gasteiger partial charge on any atom is 0.240 e. The van der Waals surface area contributed by atoms with E-state index in [9.17, 15) is 9.90 Å².